The van der Waals surface area contributed by atoms with Crippen molar-refractivity contribution in [3.8, 4) is 0 Å². The van der Waals surface area contributed by atoms with E-state index in [1.165, 1.54) is 5.56 Å². The van der Waals surface area contributed by atoms with Gasteiger partial charge in [-0.3, -0.25) is 0 Å². The van der Waals surface area contributed by atoms with Crippen molar-refractivity contribution in [1.82, 2.24) is 0 Å². The standard InChI is InChI=1S/C14H16O3/c1-2-17-14(16)13(9-15)12-8-7-10-5-3-4-6-11(10)12/h3-6,9,12,15H,2,7-8H2,1H3/b13-9+. The fourth-order valence-electron chi connectivity index (χ4n) is 2.38. The van der Waals surface area contributed by atoms with Crippen molar-refractivity contribution in [2.75, 3.05) is 6.61 Å². The minimum absolute atomic E-state index is 0.0322. The Morgan fingerprint density at radius 2 is 2.29 bits per heavy atom. The lowest BCUT2D eigenvalue weighted by atomic mass is 9.93. The van der Waals surface area contributed by atoms with Crippen LogP contribution in [0.4, 0.5) is 0 Å². The van der Waals surface area contributed by atoms with Crippen molar-refractivity contribution < 1.29 is 14.6 Å². The lowest BCUT2D eigenvalue weighted by Gasteiger charge is -2.13. The molecule has 1 aliphatic rings. The van der Waals surface area contributed by atoms with Gasteiger partial charge in [0.1, 0.15) is 0 Å². The summed E-state index contributed by atoms with van der Waals surface area (Å²) >= 11 is 0. The van der Waals surface area contributed by atoms with Gasteiger partial charge in [0.15, 0.2) is 0 Å². The van der Waals surface area contributed by atoms with Crippen LogP contribution in [-0.4, -0.2) is 17.7 Å². The molecule has 0 spiro atoms. The zero-order chi connectivity index (χ0) is 12.3. The van der Waals surface area contributed by atoms with Gasteiger partial charge in [0, 0.05) is 5.92 Å². The van der Waals surface area contributed by atoms with E-state index in [9.17, 15) is 9.90 Å². The van der Waals surface area contributed by atoms with Crippen molar-refractivity contribution in [3.05, 3.63) is 47.2 Å². The Morgan fingerprint density at radius 3 is 3.00 bits per heavy atom. The topological polar surface area (TPSA) is 46.5 Å². The van der Waals surface area contributed by atoms with Gasteiger partial charge in [0.25, 0.3) is 0 Å². The van der Waals surface area contributed by atoms with Crippen LogP contribution in [0.3, 0.4) is 0 Å². The van der Waals surface area contributed by atoms with Crippen LogP contribution in [0.15, 0.2) is 36.1 Å². The fourth-order valence-corrected chi connectivity index (χ4v) is 2.38. The van der Waals surface area contributed by atoms with Gasteiger partial charge < -0.3 is 9.84 Å². The van der Waals surface area contributed by atoms with Crippen LogP contribution in [0.2, 0.25) is 0 Å². The molecule has 90 valence electrons. The Balaban J connectivity index is 2.27. The van der Waals surface area contributed by atoms with Crippen LogP contribution in [0.1, 0.15) is 30.4 Å². The highest BCUT2D eigenvalue weighted by Crippen LogP contribution is 2.38. The highest BCUT2D eigenvalue weighted by atomic mass is 16.5. The summed E-state index contributed by atoms with van der Waals surface area (Å²) in [5.41, 5.74) is 2.74. The molecule has 0 saturated carbocycles. The predicted octanol–water partition coefficient (Wildman–Crippen LogP) is 2.72. The summed E-state index contributed by atoms with van der Waals surface area (Å²) < 4.78 is 4.96. The molecule has 1 unspecified atom stereocenters. The van der Waals surface area contributed by atoms with Gasteiger partial charge in [0.05, 0.1) is 18.4 Å². The molecule has 0 amide bonds. The summed E-state index contributed by atoms with van der Waals surface area (Å²) in [6.45, 7) is 2.08. The number of fused-ring (bicyclic) bond motifs is 1. The second-order valence-corrected chi connectivity index (χ2v) is 4.09. The summed E-state index contributed by atoms with van der Waals surface area (Å²) in [5.74, 6) is -0.452. The molecule has 1 aliphatic carbocycles. The maximum atomic E-state index is 11.7. The minimum Gasteiger partial charge on any atom is -0.515 e. The van der Waals surface area contributed by atoms with E-state index in [0.29, 0.717) is 12.2 Å². The number of carbonyl (C=O) groups excluding carboxylic acids is 1. The lowest BCUT2D eigenvalue weighted by molar-refractivity contribution is -0.139. The molecule has 0 radical (unpaired) electrons. The van der Waals surface area contributed by atoms with Crippen molar-refractivity contribution >= 4 is 5.97 Å². The molecule has 1 aromatic rings. The van der Waals surface area contributed by atoms with Crippen molar-refractivity contribution in [2.24, 2.45) is 0 Å². The Kier molecular flexibility index (Phi) is 3.47. The molecule has 1 atom stereocenters. The van der Waals surface area contributed by atoms with Crippen molar-refractivity contribution in [3.63, 3.8) is 0 Å². The highest BCUT2D eigenvalue weighted by molar-refractivity contribution is 5.90. The molecular formula is C14H16O3. The molecule has 0 aliphatic heterocycles. The molecule has 17 heavy (non-hydrogen) atoms. The summed E-state index contributed by atoms with van der Waals surface area (Å²) in [7, 11) is 0. The second kappa shape index (κ2) is 5.04. The third-order valence-corrected chi connectivity index (χ3v) is 3.16. The summed E-state index contributed by atoms with van der Waals surface area (Å²) in [6.07, 6.45) is 2.69. The number of aliphatic hydroxyl groups is 1. The van der Waals surface area contributed by atoms with Gasteiger partial charge >= 0.3 is 5.97 Å². The van der Waals surface area contributed by atoms with E-state index in [1.54, 1.807) is 6.92 Å². The first-order valence-electron chi connectivity index (χ1n) is 5.87. The third kappa shape index (κ3) is 2.18. The van der Waals surface area contributed by atoms with E-state index >= 15 is 0 Å². The van der Waals surface area contributed by atoms with Gasteiger partial charge in [-0.2, -0.15) is 0 Å². The number of benzene rings is 1. The SMILES string of the molecule is CCOC(=O)/C(=C/O)C1CCc2ccccc21. The Bertz CT molecular complexity index is 449. The van der Waals surface area contributed by atoms with Gasteiger partial charge in [-0.1, -0.05) is 24.3 Å². The van der Waals surface area contributed by atoms with Gasteiger partial charge in [0.2, 0.25) is 0 Å². The molecule has 0 bridgehead atoms. The molecule has 2 rings (SSSR count). The van der Waals surface area contributed by atoms with Crippen LogP contribution in [0, 0.1) is 0 Å². The zero-order valence-electron chi connectivity index (χ0n) is 9.85. The number of hydrogen-bond donors (Lipinski definition) is 1. The maximum Gasteiger partial charge on any atom is 0.337 e. The number of ether oxygens (including phenoxy) is 1. The predicted molar refractivity (Wildman–Crippen MR) is 64.8 cm³/mol. The first-order chi connectivity index (χ1) is 8.27. The number of rotatable bonds is 3. The van der Waals surface area contributed by atoms with E-state index in [1.807, 2.05) is 18.2 Å². The molecule has 3 heteroatoms. The average Bonchev–Trinajstić information content (AvgIpc) is 2.75. The summed E-state index contributed by atoms with van der Waals surface area (Å²) in [5, 5.41) is 9.25. The first kappa shape index (κ1) is 11.7. The Hall–Kier alpha value is -1.77. The number of hydrogen-bond acceptors (Lipinski definition) is 3. The van der Waals surface area contributed by atoms with E-state index in [4.69, 9.17) is 4.74 Å². The van der Waals surface area contributed by atoms with Crippen LogP contribution < -0.4 is 0 Å². The average molecular weight is 232 g/mol. The highest BCUT2D eigenvalue weighted by Gasteiger charge is 2.29. The first-order valence-corrected chi connectivity index (χ1v) is 5.87. The second-order valence-electron chi connectivity index (χ2n) is 4.09. The van der Waals surface area contributed by atoms with E-state index in [0.717, 1.165) is 24.7 Å². The normalized spacial score (nSPS) is 18.9. The lowest BCUT2D eigenvalue weighted by Crippen LogP contribution is -2.13. The number of esters is 1. The number of aliphatic hydroxyl groups excluding tert-OH is 1. The smallest absolute Gasteiger partial charge is 0.337 e. The van der Waals surface area contributed by atoms with Crippen molar-refractivity contribution in [2.45, 2.75) is 25.7 Å². The molecular weight excluding hydrogens is 216 g/mol. The Morgan fingerprint density at radius 1 is 1.53 bits per heavy atom. The minimum atomic E-state index is -0.420. The van der Waals surface area contributed by atoms with Gasteiger partial charge in [-0.25, -0.2) is 4.79 Å². The Labute approximate surface area is 101 Å². The summed E-state index contributed by atoms with van der Waals surface area (Å²) in [6, 6.07) is 8.02. The molecule has 1 N–H and O–H groups in total. The molecule has 1 aromatic carbocycles. The molecule has 0 aromatic heterocycles. The van der Waals surface area contributed by atoms with Gasteiger partial charge in [-0.05, 0) is 30.9 Å². The van der Waals surface area contributed by atoms with E-state index in [-0.39, 0.29) is 5.92 Å². The largest absolute Gasteiger partial charge is 0.515 e. The van der Waals surface area contributed by atoms with Crippen LogP contribution in [0.5, 0.6) is 0 Å². The van der Waals surface area contributed by atoms with Crippen LogP contribution >= 0.6 is 0 Å². The molecule has 0 fully saturated rings. The van der Waals surface area contributed by atoms with E-state index < -0.39 is 5.97 Å². The summed E-state index contributed by atoms with van der Waals surface area (Å²) in [4.78, 5) is 11.7. The quantitative estimate of drug-likeness (QED) is 0.495. The fraction of sp³-hybridized carbons (Fsp3) is 0.357. The number of carbonyl (C=O) groups is 1. The third-order valence-electron chi connectivity index (χ3n) is 3.16. The molecule has 0 heterocycles. The van der Waals surface area contributed by atoms with Crippen molar-refractivity contribution in [1.29, 1.82) is 0 Å². The molecule has 0 saturated heterocycles. The zero-order valence-corrected chi connectivity index (χ0v) is 9.85. The van der Waals surface area contributed by atoms with E-state index in [2.05, 4.69) is 6.07 Å². The monoisotopic (exact) mass is 232 g/mol. The molecule has 3 nitrogen and oxygen atoms in total. The van der Waals surface area contributed by atoms with Crippen LogP contribution in [0.25, 0.3) is 0 Å². The maximum absolute atomic E-state index is 11.7. The van der Waals surface area contributed by atoms with Gasteiger partial charge in [-0.15, -0.1) is 0 Å². The number of aryl methyl sites for hydroxylation is 1. The van der Waals surface area contributed by atoms with Crippen LogP contribution in [-0.2, 0) is 16.0 Å².